The molecule has 2 amide bonds. The number of anilines is 1. The Kier molecular flexibility index (Phi) is 6.43. The van der Waals surface area contributed by atoms with E-state index in [1.807, 2.05) is 13.8 Å². The Morgan fingerprint density at radius 2 is 1.97 bits per heavy atom. The summed E-state index contributed by atoms with van der Waals surface area (Å²) in [5.41, 5.74) is 2.49. The van der Waals surface area contributed by atoms with E-state index in [4.69, 9.17) is 11.1 Å². The molecular formula is C23H25F5N7O+. The second kappa shape index (κ2) is 9.10. The quantitative estimate of drug-likeness (QED) is 0.242. The molecule has 192 valence electrons. The minimum Gasteiger partial charge on any atom is -0.325 e. The molecule has 36 heavy (non-hydrogen) atoms. The lowest BCUT2D eigenvalue weighted by Gasteiger charge is -2.65. The van der Waals surface area contributed by atoms with Crippen molar-refractivity contribution in [3.05, 3.63) is 41.7 Å². The molecule has 4 atom stereocenters. The standard InChI is InChI=1S/C23H24F5N7O/c1-12-3-15-7-22(6-12,13(2)34(10-29)11-30)35(15)21(36)33-19-4-16(20-31-8-14(24)9-32-20)17(5-18(19)25)23(26,27)28/h4-5,8-13,15,29-30H,3,6-7H2,1-2H3,(H,33,36)/p+1/t12-,13+,15-,22+/m0/s1. The Balaban J connectivity index is 1.71. The van der Waals surface area contributed by atoms with Gasteiger partial charge in [0.25, 0.3) is 0 Å². The molecule has 8 nitrogen and oxygen atoms in total. The molecule has 1 saturated carbocycles. The molecule has 2 aliphatic heterocycles. The number of carbonyl (C=O) groups excluding carboxylic acids is 1. The van der Waals surface area contributed by atoms with Crippen LogP contribution in [0.2, 0.25) is 0 Å². The number of nitrogens with zero attached hydrogens (tertiary/aromatic N) is 4. The van der Waals surface area contributed by atoms with Crippen LogP contribution in [-0.4, -0.2) is 55.8 Å². The van der Waals surface area contributed by atoms with Crippen molar-refractivity contribution in [1.82, 2.24) is 14.9 Å². The maximum atomic E-state index is 14.8. The van der Waals surface area contributed by atoms with Gasteiger partial charge in [0, 0.05) is 11.6 Å². The Labute approximate surface area is 203 Å². The molecule has 2 aromatic rings. The third kappa shape index (κ3) is 4.26. The van der Waals surface area contributed by atoms with Crippen LogP contribution in [0.3, 0.4) is 0 Å². The number of halogens is 5. The van der Waals surface area contributed by atoms with Crippen LogP contribution in [0.4, 0.5) is 32.4 Å². The van der Waals surface area contributed by atoms with Crippen molar-refractivity contribution >= 4 is 24.4 Å². The van der Waals surface area contributed by atoms with Crippen molar-refractivity contribution in [3.63, 3.8) is 0 Å². The monoisotopic (exact) mass is 510 g/mol. The highest BCUT2D eigenvalue weighted by Crippen LogP contribution is 2.52. The number of alkyl halides is 3. The van der Waals surface area contributed by atoms with E-state index in [0.717, 1.165) is 12.4 Å². The van der Waals surface area contributed by atoms with Crippen molar-refractivity contribution in [2.24, 2.45) is 11.7 Å². The first kappa shape index (κ1) is 25.5. The van der Waals surface area contributed by atoms with E-state index in [1.165, 1.54) is 10.9 Å². The number of hydrogen-bond acceptors (Lipinski definition) is 4. The number of aromatic nitrogens is 2. The normalized spacial score (nSPS) is 24.6. The van der Waals surface area contributed by atoms with Gasteiger partial charge in [-0.1, -0.05) is 6.92 Å². The SMILES string of the molecule is C[C@H]1C[C@H]2C[C@@]([C@@H](C)[N+](C=N)=CN)(C1)N2C(=O)Nc1cc(-c2ncc(F)cn2)c(C(F)(F)F)cc1F. The smallest absolute Gasteiger partial charge is 0.325 e. The fourth-order valence-corrected chi connectivity index (χ4v) is 5.56. The van der Waals surface area contributed by atoms with Gasteiger partial charge in [-0.25, -0.2) is 28.1 Å². The van der Waals surface area contributed by atoms with Crippen LogP contribution in [0.1, 0.15) is 38.7 Å². The van der Waals surface area contributed by atoms with Gasteiger partial charge in [0.15, 0.2) is 18.0 Å². The van der Waals surface area contributed by atoms with Crippen LogP contribution >= 0.6 is 0 Å². The van der Waals surface area contributed by atoms with Crippen molar-refractivity contribution in [1.29, 1.82) is 5.41 Å². The number of piperidine rings is 1. The molecule has 1 aromatic carbocycles. The molecule has 0 unspecified atom stereocenters. The predicted molar refractivity (Wildman–Crippen MR) is 122 cm³/mol. The Morgan fingerprint density at radius 3 is 2.56 bits per heavy atom. The van der Waals surface area contributed by atoms with Crippen LogP contribution in [0, 0.1) is 23.0 Å². The van der Waals surface area contributed by atoms with Crippen LogP contribution in [0.5, 0.6) is 0 Å². The maximum Gasteiger partial charge on any atom is 0.417 e. The van der Waals surface area contributed by atoms with Crippen molar-refractivity contribution < 1.29 is 31.3 Å². The molecule has 13 heteroatoms. The molecule has 3 fully saturated rings. The first-order valence-corrected chi connectivity index (χ1v) is 11.2. The Hall–Kier alpha value is -3.64. The molecule has 1 aromatic heterocycles. The fourth-order valence-electron chi connectivity index (χ4n) is 5.56. The number of fused-ring (bicyclic) bond motifs is 2. The van der Waals surface area contributed by atoms with Gasteiger partial charge in [-0.15, -0.1) is 0 Å². The van der Waals surface area contributed by atoms with E-state index >= 15 is 0 Å². The van der Waals surface area contributed by atoms with Crippen LogP contribution in [-0.2, 0) is 6.18 Å². The summed E-state index contributed by atoms with van der Waals surface area (Å²) in [4.78, 5) is 22.1. The zero-order valence-electron chi connectivity index (χ0n) is 19.5. The number of nitrogens with two attached hydrogens (primary N) is 1. The van der Waals surface area contributed by atoms with E-state index in [-0.39, 0.29) is 24.1 Å². The van der Waals surface area contributed by atoms with Gasteiger partial charge >= 0.3 is 12.2 Å². The lowest BCUT2D eigenvalue weighted by atomic mass is 9.61. The molecule has 2 bridgehead atoms. The maximum absolute atomic E-state index is 14.8. The Bertz CT molecular complexity index is 1220. The first-order chi connectivity index (χ1) is 16.9. The molecule has 2 saturated heterocycles. The minimum atomic E-state index is -4.95. The molecule has 5 rings (SSSR count). The van der Waals surface area contributed by atoms with E-state index in [1.54, 1.807) is 4.90 Å². The van der Waals surface area contributed by atoms with Gasteiger partial charge in [-0.2, -0.15) is 18.6 Å². The predicted octanol–water partition coefficient (Wildman–Crippen LogP) is 4.21. The topological polar surface area (TPSA) is 111 Å². The summed E-state index contributed by atoms with van der Waals surface area (Å²) in [6.45, 7) is 3.87. The lowest BCUT2D eigenvalue weighted by Crippen LogP contribution is -2.77. The van der Waals surface area contributed by atoms with Gasteiger partial charge < -0.3 is 16.0 Å². The summed E-state index contributed by atoms with van der Waals surface area (Å²) < 4.78 is 70.4. The van der Waals surface area contributed by atoms with E-state index in [9.17, 15) is 26.7 Å². The molecule has 3 heterocycles. The largest absolute Gasteiger partial charge is 0.417 e. The van der Waals surface area contributed by atoms with Gasteiger partial charge in [-0.05, 0) is 44.2 Å². The Morgan fingerprint density at radius 1 is 1.31 bits per heavy atom. The number of urea groups is 1. The number of rotatable bonds is 5. The van der Waals surface area contributed by atoms with Gasteiger partial charge in [0.05, 0.1) is 29.2 Å². The number of carbonyl (C=O) groups is 1. The molecular weight excluding hydrogens is 485 g/mol. The number of amides is 2. The second-order valence-electron chi connectivity index (χ2n) is 9.31. The fraction of sp³-hybridized carbons (Fsp3) is 0.435. The van der Waals surface area contributed by atoms with Gasteiger partial charge in [0.1, 0.15) is 11.9 Å². The van der Waals surface area contributed by atoms with Crippen LogP contribution in [0.15, 0.2) is 24.5 Å². The zero-order chi connectivity index (χ0) is 26.4. The summed E-state index contributed by atoms with van der Waals surface area (Å²) in [6, 6.07) is -0.148. The highest BCUT2D eigenvalue weighted by molar-refractivity contribution is 5.92. The summed E-state index contributed by atoms with van der Waals surface area (Å²) in [7, 11) is 0. The average molecular weight is 510 g/mol. The van der Waals surface area contributed by atoms with Crippen molar-refractivity contribution in [3.8, 4) is 11.4 Å². The van der Waals surface area contributed by atoms with E-state index in [0.29, 0.717) is 31.7 Å². The third-order valence-corrected chi connectivity index (χ3v) is 7.09. The lowest BCUT2D eigenvalue weighted by molar-refractivity contribution is -0.472. The van der Waals surface area contributed by atoms with Gasteiger partial charge in [0.2, 0.25) is 6.34 Å². The number of hydrogen-bond donors (Lipinski definition) is 3. The summed E-state index contributed by atoms with van der Waals surface area (Å²) in [5.74, 6) is -2.33. The van der Waals surface area contributed by atoms with Gasteiger partial charge in [-0.3, -0.25) is 0 Å². The van der Waals surface area contributed by atoms with Crippen LogP contribution in [0.25, 0.3) is 11.4 Å². The summed E-state index contributed by atoms with van der Waals surface area (Å²) in [5, 5.41) is 10.0. The minimum absolute atomic E-state index is 0.154. The van der Waals surface area contributed by atoms with E-state index in [2.05, 4.69) is 15.3 Å². The van der Waals surface area contributed by atoms with E-state index < -0.39 is 52.0 Å². The number of benzene rings is 1. The molecule has 0 radical (unpaired) electrons. The van der Waals surface area contributed by atoms with Crippen LogP contribution < -0.4 is 11.1 Å². The zero-order valence-corrected chi connectivity index (χ0v) is 19.5. The summed E-state index contributed by atoms with van der Waals surface area (Å²) in [6.07, 6.45) is 0.696. The average Bonchev–Trinajstić information content (AvgIpc) is 2.80. The summed E-state index contributed by atoms with van der Waals surface area (Å²) >= 11 is 0. The van der Waals surface area contributed by atoms with Crippen molar-refractivity contribution in [2.75, 3.05) is 5.32 Å². The molecule has 1 aliphatic carbocycles. The second-order valence-corrected chi connectivity index (χ2v) is 9.31. The third-order valence-electron chi connectivity index (χ3n) is 7.09. The molecule has 3 aliphatic rings. The number of nitrogens with one attached hydrogen (secondary N) is 2. The van der Waals surface area contributed by atoms with Crippen molar-refractivity contribution in [2.45, 2.75) is 56.9 Å². The molecule has 0 spiro atoms. The highest BCUT2D eigenvalue weighted by atomic mass is 19.4. The molecule has 4 N–H and O–H groups in total. The highest BCUT2D eigenvalue weighted by Gasteiger charge is 2.62. The first-order valence-electron chi connectivity index (χ1n) is 11.2.